The Hall–Kier alpha value is -0.806. The van der Waals surface area contributed by atoms with Crippen LogP contribution in [-0.4, -0.2) is 28.2 Å². The summed E-state index contributed by atoms with van der Waals surface area (Å²) in [5, 5.41) is 7.00. The van der Waals surface area contributed by atoms with Gasteiger partial charge in [0.15, 0.2) is 0 Å². The van der Waals surface area contributed by atoms with E-state index in [1.54, 1.807) is 28.2 Å². The summed E-state index contributed by atoms with van der Waals surface area (Å²) in [7, 11) is 7.00. The van der Waals surface area contributed by atoms with Crippen LogP contribution in [0.3, 0.4) is 0 Å². The van der Waals surface area contributed by atoms with Gasteiger partial charge in [-0.2, -0.15) is 52.0 Å². The molecule has 0 N–H and O–H groups in total. The minimum atomic E-state index is 0. The average molecular weight is 364 g/mol. The molecule has 2 heterocycles. The van der Waals surface area contributed by atoms with E-state index in [1.807, 2.05) is 24.5 Å². The predicted octanol–water partition coefficient (Wildman–Crippen LogP) is 4.72. The van der Waals surface area contributed by atoms with E-state index in [-0.39, 0.29) is 27.1 Å². The molecule has 5 heteroatoms. The molecule has 0 fully saturated rings. The second-order valence-electron chi connectivity index (χ2n) is 5.52. The molecule has 2 aromatic rings. The maximum Gasteiger partial charge on any atom is 4.00 e. The van der Waals surface area contributed by atoms with Gasteiger partial charge in [-0.15, -0.1) is 0 Å². The first-order chi connectivity index (χ1) is 11.2. The van der Waals surface area contributed by atoms with Crippen LogP contribution < -0.4 is 9.97 Å². The van der Waals surface area contributed by atoms with E-state index in [9.17, 15) is 0 Å². The Morgan fingerprint density at radius 1 is 0.792 bits per heavy atom. The van der Waals surface area contributed by atoms with E-state index in [0.717, 1.165) is 25.7 Å². The van der Waals surface area contributed by atoms with Gasteiger partial charge in [0.2, 0.25) is 0 Å². The Morgan fingerprint density at radius 2 is 1.12 bits per heavy atom. The molecular weight excluding hydrogens is 332 g/mol. The molecule has 0 spiro atoms. The van der Waals surface area contributed by atoms with Crippen LogP contribution in [0.2, 0.25) is 0 Å². The largest absolute Gasteiger partial charge is 4.00 e. The molecule has 2 aromatic heterocycles. The van der Waals surface area contributed by atoms with Gasteiger partial charge < -0.3 is 20.6 Å². The zero-order valence-corrected chi connectivity index (χ0v) is 17.6. The second kappa shape index (κ2) is 15.7. The van der Waals surface area contributed by atoms with Gasteiger partial charge in [-0.25, -0.2) is 0 Å². The van der Waals surface area contributed by atoms with E-state index in [0.29, 0.717) is 0 Å². The summed E-state index contributed by atoms with van der Waals surface area (Å²) in [5.41, 5.74) is 2.39. The Labute approximate surface area is 163 Å². The van der Waals surface area contributed by atoms with Gasteiger partial charge >= 0.3 is 21.7 Å². The van der Waals surface area contributed by atoms with E-state index < -0.39 is 0 Å². The number of nitrogens with zero attached hydrogens (tertiary/aromatic N) is 4. The minimum absolute atomic E-state index is 0. The first-order valence-corrected chi connectivity index (χ1v) is 8.28. The zero-order chi connectivity index (χ0) is 17.6. The summed E-state index contributed by atoms with van der Waals surface area (Å²) in [6.45, 7) is 4.46. The Morgan fingerprint density at radius 3 is 1.33 bits per heavy atom. The number of hydrogen-bond donors (Lipinski definition) is 0. The predicted molar refractivity (Wildman–Crippen MR) is 101 cm³/mol. The topological polar surface area (TPSA) is 56.4 Å². The number of aromatic nitrogens is 2. The van der Waals surface area contributed by atoms with Crippen molar-refractivity contribution in [2.24, 2.45) is 0 Å². The molecule has 0 unspecified atom stereocenters. The molecule has 0 atom stereocenters. The maximum atomic E-state index is 4.54. The van der Waals surface area contributed by atoms with E-state index in [1.165, 1.54) is 11.4 Å². The molecular formula is C19H32N4Ti. The van der Waals surface area contributed by atoms with Crippen molar-refractivity contribution in [2.75, 3.05) is 28.2 Å². The Bertz CT molecular complexity index is 407. The van der Waals surface area contributed by atoms with Gasteiger partial charge in [0.05, 0.1) is 0 Å². The van der Waals surface area contributed by atoms with E-state index in [2.05, 4.69) is 46.6 Å². The molecule has 0 aliphatic heterocycles. The second-order valence-corrected chi connectivity index (χ2v) is 5.52. The minimum Gasteiger partial charge on any atom is -0.668 e. The van der Waals surface area contributed by atoms with Crippen molar-refractivity contribution in [2.45, 2.75) is 44.9 Å². The monoisotopic (exact) mass is 364 g/mol. The molecule has 2 rings (SSSR count). The Balaban J connectivity index is 0. The third-order valence-corrected chi connectivity index (χ3v) is 3.44. The summed E-state index contributed by atoms with van der Waals surface area (Å²) in [4.78, 5) is 9.08. The first-order valence-electron chi connectivity index (χ1n) is 8.28. The number of hydrogen-bond acceptors (Lipinski definition) is 0. The normalized spacial score (nSPS) is 9.92. The molecule has 0 bridgehead atoms. The summed E-state index contributed by atoms with van der Waals surface area (Å²) in [6.07, 6.45) is 8.32. The van der Waals surface area contributed by atoms with Crippen molar-refractivity contribution in [3.05, 3.63) is 58.7 Å². The molecule has 0 amide bonds. The van der Waals surface area contributed by atoms with Gasteiger partial charge in [-0.05, 0) is 18.3 Å². The smallest absolute Gasteiger partial charge is 0.668 e. The van der Waals surface area contributed by atoms with Crippen molar-refractivity contribution in [1.82, 2.24) is 9.97 Å². The van der Waals surface area contributed by atoms with Crippen molar-refractivity contribution >= 4 is 0 Å². The zero-order valence-electron chi connectivity index (χ0n) is 16.1. The summed E-state index contributed by atoms with van der Waals surface area (Å²) < 4.78 is 0. The van der Waals surface area contributed by atoms with Crippen LogP contribution >= 0.6 is 0 Å². The van der Waals surface area contributed by atoms with Gasteiger partial charge in [0.25, 0.3) is 0 Å². The van der Waals surface area contributed by atoms with Crippen LogP contribution in [0.5, 0.6) is 0 Å². The quantitative estimate of drug-likeness (QED) is 0.696. The average Bonchev–Trinajstić information content (AvgIpc) is 3.23. The third kappa shape index (κ3) is 7.84. The van der Waals surface area contributed by atoms with Crippen molar-refractivity contribution in [3.8, 4) is 0 Å². The van der Waals surface area contributed by atoms with Crippen molar-refractivity contribution in [3.63, 3.8) is 0 Å². The van der Waals surface area contributed by atoms with Crippen LogP contribution in [-0.2, 0) is 27.1 Å². The van der Waals surface area contributed by atoms with Gasteiger partial charge in [-0.3, -0.25) is 0 Å². The molecule has 0 saturated heterocycles. The fourth-order valence-electron chi connectivity index (χ4n) is 2.79. The van der Waals surface area contributed by atoms with Crippen molar-refractivity contribution < 1.29 is 21.7 Å². The summed E-state index contributed by atoms with van der Waals surface area (Å²) in [6, 6.07) is 8.33. The SMILES string of the molecule is CCCC(CCC)(c1ccc[n-]1)c1ccc[n-]1.C[N-]C.C[N-]C.[Ti+4]. The van der Waals surface area contributed by atoms with E-state index >= 15 is 0 Å². The van der Waals surface area contributed by atoms with Crippen LogP contribution in [0.4, 0.5) is 0 Å². The molecule has 132 valence electrons. The van der Waals surface area contributed by atoms with Crippen LogP contribution in [0, 0.1) is 0 Å². The molecule has 4 nitrogen and oxygen atoms in total. The van der Waals surface area contributed by atoms with Gasteiger partial charge in [0.1, 0.15) is 0 Å². The van der Waals surface area contributed by atoms with Crippen LogP contribution in [0.15, 0.2) is 36.7 Å². The Kier molecular flexibility index (Phi) is 16.6. The standard InChI is InChI=1S/C15H20N2.2C2H6N.Ti/c1-3-9-15(10-4-2,13-7-5-11-16-13)14-8-6-12-17-14;2*1-3-2;/h5-8,11-12H,3-4,9-10H2,1-2H3;2*1-2H3;/q-2;2*-1;+4. The van der Waals surface area contributed by atoms with Crippen molar-refractivity contribution in [1.29, 1.82) is 0 Å². The van der Waals surface area contributed by atoms with Gasteiger partial charge in [-0.1, -0.05) is 51.0 Å². The molecule has 0 aliphatic rings. The fraction of sp³-hybridized carbons (Fsp3) is 0.579. The van der Waals surface area contributed by atoms with E-state index in [4.69, 9.17) is 0 Å². The van der Waals surface area contributed by atoms with Crippen LogP contribution in [0.25, 0.3) is 10.6 Å². The summed E-state index contributed by atoms with van der Waals surface area (Å²) in [5.74, 6) is 0. The maximum absolute atomic E-state index is 4.54. The molecule has 0 aliphatic carbocycles. The molecule has 0 aromatic carbocycles. The molecule has 0 radical (unpaired) electrons. The van der Waals surface area contributed by atoms with Crippen LogP contribution in [0.1, 0.15) is 50.9 Å². The first kappa shape index (κ1) is 25.4. The number of rotatable bonds is 6. The summed E-state index contributed by atoms with van der Waals surface area (Å²) >= 11 is 0. The van der Waals surface area contributed by atoms with Gasteiger partial charge in [0, 0.05) is 0 Å². The molecule has 0 saturated carbocycles. The third-order valence-electron chi connectivity index (χ3n) is 3.44. The fourth-order valence-corrected chi connectivity index (χ4v) is 2.79. The molecule has 24 heavy (non-hydrogen) atoms.